The summed E-state index contributed by atoms with van der Waals surface area (Å²) in [6, 6.07) is 3.22. The van der Waals surface area contributed by atoms with Crippen LogP contribution in [0.5, 0.6) is 0 Å². The summed E-state index contributed by atoms with van der Waals surface area (Å²) in [5.74, 6) is -2.19. The minimum Gasteiger partial charge on any atom is -0.379 e. The molecule has 2 aliphatic heterocycles. The highest BCUT2D eigenvalue weighted by Crippen LogP contribution is 2.50. The molecular formula is C18H20F5N3O2S. The Kier molecular flexibility index (Phi) is 6.09. The van der Waals surface area contributed by atoms with Crippen molar-refractivity contribution in [2.45, 2.75) is 36.4 Å². The predicted molar refractivity (Wildman–Crippen MR) is 99.0 cm³/mol. The Morgan fingerprint density at radius 2 is 2.17 bits per heavy atom. The molecule has 2 aliphatic rings. The minimum absolute atomic E-state index is 0.0456. The van der Waals surface area contributed by atoms with E-state index in [2.05, 4.69) is 4.99 Å². The first-order valence-corrected chi connectivity index (χ1v) is 9.78. The SMILES string of the molecule is C[C@H]1C[C@H]2[C@@H](CF)SC(N)=N[C@@]2(c2cc(C(=O)NCC(F)(F)F)ccc2F)CO1. The lowest BCUT2D eigenvalue weighted by molar-refractivity contribution is -0.123. The van der Waals surface area contributed by atoms with Crippen molar-refractivity contribution >= 4 is 22.8 Å². The van der Waals surface area contributed by atoms with Crippen LogP contribution in [0.25, 0.3) is 0 Å². The van der Waals surface area contributed by atoms with E-state index >= 15 is 0 Å². The average Bonchev–Trinajstić information content (AvgIpc) is 2.65. The number of nitrogens with two attached hydrogens (primary N) is 1. The maximum absolute atomic E-state index is 14.8. The molecule has 0 saturated carbocycles. The number of halogens is 5. The highest BCUT2D eigenvalue weighted by atomic mass is 32.2. The number of amidine groups is 1. The monoisotopic (exact) mass is 437 g/mol. The molecule has 1 saturated heterocycles. The van der Waals surface area contributed by atoms with Crippen molar-refractivity contribution in [1.29, 1.82) is 0 Å². The molecule has 1 aromatic rings. The molecule has 0 aliphatic carbocycles. The van der Waals surface area contributed by atoms with Crippen molar-refractivity contribution in [3.05, 3.63) is 35.1 Å². The van der Waals surface area contributed by atoms with Gasteiger partial charge in [-0.1, -0.05) is 11.8 Å². The van der Waals surface area contributed by atoms with Crippen LogP contribution in [0.2, 0.25) is 0 Å². The number of benzene rings is 1. The fourth-order valence-corrected chi connectivity index (χ4v) is 4.88. The van der Waals surface area contributed by atoms with Gasteiger partial charge in [0, 0.05) is 22.3 Å². The molecule has 0 spiro atoms. The molecule has 4 atom stereocenters. The highest BCUT2D eigenvalue weighted by Gasteiger charge is 2.52. The topological polar surface area (TPSA) is 76.7 Å². The van der Waals surface area contributed by atoms with E-state index in [4.69, 9.17) is 10.5 Å². The van der Waals surface area contributed by atoms with Gasteiger partial charge in [0.1, 0.15) is 24.6 Å². The molecule has 29 heavy (non-hydrogen) atoms. The Labute approximate surface area is 168 Å². The number of hydrogen-bond acceptors (Lipinski definition) is 5. The summed E-state index contributed by atoms with van der Waals surface area (Å²) in [5.41, 5.74) is 4.30. The van der Waals surface area contributed by atoms with Gasteiger partial charge in [-0.05, 0) is 31.5 Å². The molecule has 1 aromatic carbocycles. The number of thioether (sulfide) groups is 1. The quantitative estimate of drug-likeness (QED) is 0.710. The van der Waals surface area contributed by atoms with Crippen molar-refractivity contribution in [2.75, 3.05) is 19.8 Å². The zero-order chi connectivity index (χ0) is 21.4. The standard InChI is InChI=1S/C18H20F5N3O2S/c1-9-4-12-14(6-19)29-16(24)26-17(12,8-28-9)11-5-10(2-3-13(11)20)15(27)25-7-18(21,22)23/h2-3,5,9,12,14H,4,6-8H2,1H3,(H2,24,26)(H,25,27)/t9-,12-,14+,17+/m0/s1. The highest BCUT2D eigenvalue weighted by molar-refractivity contribution is 8.14. The number of ether oxygens (including phenoxy) is 1. The number of aliphatic imine (C=N–C) groups is 1. The van der Waals surface area contributed by atoms with Crippen molar-refractivity contribution in [2.24, 2.45) is 16.6 Å². The third kappa shape index (κ3) is 4.50. The van der Waals surface area contributed by atoms with Gasteiger partial charge in [-0.3, -0.25) is 4.79 Å². The molecule has 1 fully saturated rings. The van der Waals surface area contributed by atoms with Gasteiger partial charge < -0.3 is 15.8 Å². The summed E-state index contributed by atoms with van der Waals surface area (Å²) in [7, 11) is 0. The normalized spacial score (nSPS) is 29.7. The third-order valence-corrected chi connectivity index (χ3v) is 6.20. The van der Waals surface area contributed by atoms with Gasteiger partial charge in [-0.2, -0.15) is 13.2 Å². The fraction of sp³-hybridized carbons (Fsp3) is 0.556. The first kappa shape index (κ1) is 21.8. The molecular weight excluding hydrogens is 417 g/mol. The van der Waals surface area contributed by atoms with Crippen LogP contribution in [0.4, 0.5) is 22.0 Å². The smallest absolute Gasteiger partial charge is 0.379 e. The maximum atomic E-state index is 14.8. The number of amides is 1. The largest absolute Gasteiger partial charge is 0.405 e. The number of carbonyl (C=O) groups excluding carboxylic acids is 1. The average molecular weight is 437 g/mol. The second kappa shape index (κ2) is 8.10. The number of alkyl halides is 4. The van der Waals surface area contributed by atoms with Crippen molar-refractivity contribution in [1.82, 2.24) is 5.32 Å². The van der Waals surface area contributed by atoms with E-state index in [0.29, 0.717) is 6.42 Å². The first-order valence-electron chi connectivity index (χ1n) is 8.90. The summed E-state index contributed by atoms with van der Waals surface area (Å²) in [6.07, 6.45) is -4.40. The lowest BCUT2D eigenvalue weighted by Crippen LogP contribution is -2.53. The number of fused-ring (bicyclic) bond motifs is 1. The molecule has 0 radical (unpaired) electrons. The Morgan fingerprint density at radius 3 is 2.83 bits per heavy atom. The Morgan fingerprint density at radius 1 is 1.45 bits per heavy atom. The summed E-state index contributed by atoms with van der Waals surface area (Å²) in [4.78, 5) is 16.5. The molecule has 3 N–H and O–H groups in total. The predicted octanol–water partition coefficient (Wildman–Crippen LogP) is 3.14. The molecule has 3 rings (SSSR count). The van der Waals surface area contributed by atoms with E-state index in [1.54, 1.807) is 5.32 Å². The Hall–Kier alpha value is -1.88. The van der Waals surface area contributed by atoms with E-state index < -0.39 is 47.8 Å². The van der Waals surface area contributed by atoms with Crippen LogP contribution in [0.15, 0.2) is 23.2 Å². The van der Waals surface area contributed by atoms with Crippen LogP contribution in [-0.4, -0.2) is 48.4 Å². The maximum Gasteiger partial charge on any atom is 0.405 e. The zero-order valence-corrected chi connectivity index (χ0v) is 16.2. The van der Waals surface area contributed by atoms with Crippen LogP contribution >= 0.6 is 11.8 Å². The summed E-state index contributed by atoms with van der Waals surface area (Å²) < 4.78 is 71.4. The van der Waals surface area contributed by atoms with E-state index in [9.17, 15) is 26.7 Å². The van der Waals surface area contributed by atoms with Gasteiger partial charge in [0.05, 0.1) is 12.7 Å². The first-order chi connectivity index (χ1) is 13.6. The van der Waals surface area contributed by atoms with Gasteiger partial charge in [0.25, 0.3) is 5.91 Å². The van der Waals surface area contributed by atoms with Crippen LogP contribution < -0.4 is 11.1 Å². The van der Waals surface area contributed by atoms with E-state index in [-0.39, 0.29) is 29.0 Å². The number of hydrogen-bond donors (Lipinski definition) is 2. The molecule has 0 bridgehead atoms. The van der Waals surface area contributed by atoms with Crippen molar-refractivity contribution < 1.29 is 31.5 Å². The Bertz CT molecular complexity index is 819. The minimum atomic E-state index is -4.58. The lowest BCUT2D eigenvalue weighted by Gasteiger charge is -2.48. The molecule has 1 amide bonds. The van der Waals surface area contributed by atoms with Gasteiger partial charge in [0.15, 0.2) is 5.17 Å². The van der Waals surface area contributed by atoms with Crippen molar-refractivity contribution in [3.63, 3.8) is 0 Å². The van der Waals surface area contributed by atoms with E-state index in [1.165, 1.54) is 0 Å². The number of rotatable bonds is 4. The van der Waals surface area contributed by atoms with Crippen LogP contribution in [-0.2, 0) is 10.3 Å². The summed E-state index contributed by atoms with van der Waals surface area (Å²) in [6.45, 7) is -0.504. The third-order valence-electron chi connectivity index (χ3n) is 5.11. The molecule has 0 aromatic heterocycles. The summed E-state index contributed by atoms with van der Waals surface area (Å²) in [5, 5.41) is 1.23. The molecule has 160 valence electrons. The number of nitrogens with one attached hydrogen (secondary N) is 1. The van der Waals surface area contributed by atoms with Gasteiger partial charge in [-0.15, -0.1) is 0 Å². The lowest BCUT2D eigenvalue weighted by atomic mass is 9.72. The second-order valence-corrected chi connectivity index (χ2v) is 8.40. The molecule has 5 nitrogen and oxygen atoms in total. The zero-order valence-electron chi connectivity index (χ0n) is 15.4. The summed E-state index contributed by atoms with van der Waals surface area (Å²) >= 11 is 1.06. The van der Waals surface area contributed by atoms with Crippen LogP contribution in [0.3, 0.4) is 0 Å². The van der Waals surface area contributed by atoms with Crippen LogP contribution in [0, 0.1) is 11.7 Å². The number of nitrogens with zero attached hydrogens (tertiary/aromatic N) is 1. The number of carbonyl (C=O) groups is 1. The van der Waals surface area contributed by atoms with Crippen molar-refractivity contribution in [3.8, 4) is 0 Å². The fourth-order valence-electron chi connectivity index (χ4n) is 3.79. The molecule has 11 heteroatoms. The van der Waals surface area contributed by atoms with E-state index in [0.717, 1.165) is 30.0 Å². The molecule has 2 heterocycles. The van der Waals surface area contributed by atoms with Gasteiger partial charge in [-0.25, -0.2) is 13.8 Å². The Balaban J connectivity index is 2.03. The van der Waals surface area contributed by atoms with Gasteiger partial charge in [0.2, 0.25) is 0 Å². The second-order valence-electron chi connectivity index (χ2n) is 7.14. The van der Waals surface area contributed by atoms with Crippen LogP contribution in [0.1, 0.15) is 29.3 Å². The molecule has 0 unspecified atom stereocenters. The van der Waals surface area contributed by atoms with Gasteiger partial charge >= 0.3 is 6.18 Å². The van der Waals surface area contributed by atoms with E-state index in [1.807, 2.05) is 6.92 Å².